The molecule has 1 heterocycles. The van der Waals surface area contributed by atoms with E-state index in [0.717, 1.165) is 50.1 Å². The van der Waals surface area contributed by atoms with E-state index in [1.165, 1.54) is 0 Å². The summed E-state index contributed by atoms with van der Waals surface area (Å²) in [6.07, 6.45) is 2.42. The minimum Gasteiger partial charge on any atom is -0.493 e. The molecule has 5 rings (SSSR count). The van der Waals surface area contributed by atoms with E-state index < -0.39 is 5.92 Å². The Labute approximate surface area is 268 Å². The van der Waals surface area contributed by atoms with Crippen molar-refractivity contribution in [1.29, 1.82) is 0 Å². The van der Waals surface area contributed by atoms with Crippen LogP contribution in [0.5, 0.6) is 11.5 Å². The summed E-state index contributed by atoms with van der Waals surface area (Å²) >= 11 is 2.18. The van der Waals surface area contributed by atoms with Gasteiger partial charge >= 0.3 is 0 Å². The third-order valence-corrected chi connectivity index (χ3v) is 9.41. The number of hydrogen-bond donors (Lipinski definition) is 1. The van der Waals surface area contributed by atoms with E-state index in [2.05, 4.69) is 67.4 Å². The van der Waals surface area contributed by atoms with Crippen molar-refractivity contribution in [2.24, 2.45) is 10.8 Å². The highest BCUT2D eigenvalue weighted by molar-refractivity contribution is 14.1. The van der Waals surface area contributed by atoms with Crippen molar-refractivity contribution in [2.75, 3.05) is 25.6 Å². The van der Waals surface area contributed by atoms with Gasteiger partial charge in [0.15, 0.2) is 29.7 Å². The molecule has 8 heteroatoms. The fraction of sp³-hybridized carbons (Fsp3) is 0.457. The normalized spacial score (nSPS) is 19.7. The molecule has 0 atom stereocenters. The van der Waals surface area contributed by atoms with Gasteiger partial charge in [0.05, 0.1) is 10.7 Å². The van der Waals surface area contributed by atoms with Crippen LogP contribution < -0.4 is 14.8 Å². The molecular weight excluding hydrogens is 655 g/mol. The van der Waals surface area contributed by atoms with Crippen LogP contribution in [0.2, 0.25) is 0 Å². The maximum absolute atomic E-state index is 13.9. The van der Waals surface area contributed by atoms with Crippen molar-refractivity contribution in [3.63, 3.8) is 0 Å². The van der Waals surface area contributed by atoms with Crippen LogP contribution in [0.15, 0.2) is 58.9 Å². The van der Waals surface area contributed by atoms with Crippen LogP contribution in [0.4, 0.5) is 5.69 Å². The number of nitrogens with one attached hydrogen (secondary N) is 1. The molecule has 0 saturated heterocycles. The van der Waals surface area contributed by atoms with Gasteiger partial charge in [0.25, 0.3) is 5.91 Å². The lowest BCUT2D eigenvalue weighted by Gasteiger charge is -2.49. The highest BCUT2D eigenvalue weighted by atomic mass is 127. The van der Waals surface area contributed by atoms with Gasteiger partial charge in [-0.3, -0.25) is 14.4 Å². The second-order valence-electron chi connectivity index (χ2n) is 13.5. The van der Waals surface area contributed by atoms with Crippen LogP contribution in [-0.4, -0.2) is 42.6 Å². The molecule has 3 aliphatic rings. The quantitative estimate of drug-likeness (QED) is 0.306. The first kappa shape index (κ1) is 31.3. The summed E-state index contributed by atoms with van der Waals surface area (Å²) in [5, 5.41) is 2.86. The molecule has 43 heavy (non-hydrogen) atoms. The summed E-state index contributed by atoms with van der Waals surface area (Å²) < 4.78 is 12.5. The average molecular weight is 697 g/mol. The summed E-state index contributed by atoms with van der Waals surface area (Å²) in [5.41, 5.74) is 5.86. The molecule has 1 N–H and O–H groups in total. The predicted molar refractivity (Wildman–Crippen MR) is 176 cm³/mol. The van der Waals surface area contributed by atoms with E-state index in [-0.39, 0.29) is 34.9 Å². The van der Waals surface area contributed by atoms with Crippen LogP contribution >= 0.6 is 22.6 Å². The second-order valence-corrected chi connectivity index (χ2v) is 14.7. The monoisotopic (exact) mass is 696 g/mol. The smallest absolute Gasteiger partial charge is 0.262 e. The molecule has 2 aliphatic carbocycles. The largest absolute Gasteiger partial charge is 0.493 e. The summed E-state index contributed by atoms with van der Waals surface area (Å²) in [6.45, 7) is 13.2. The van der Waals surface area contributed by atoms with Gasteiger partial charge in [0.2, 0.25) is 0 Å². The number of ketones is 2. The number of amides is 1. The molecule has 0 aromatic heterocycles. The number of anilines is 1. The van der Waals surface area contributed by atoms with Gasteiger partial charge in [-0.15, -0.1) is 0 Å². The summed E-state index contributed by atoms with van der Waals surface area (Å²) in [4.78, 5) is 42.8. The molecule has 0 radical (unpaired) electrons. The standard InChI is InChI=1S/C35H41IN2O5/c1-8-38-24-15-34(3,4)17-26(39)31(24)30(32-25(38)16-35(5,6)18-27(32)40)21-13-23(36)33(28(14-21)42-7)43-19-29(41)37-22-11-9-20(2)10-12-22/h9-14,30H,8,15-19H2,1-7H3,(H,37,41). The zero-order chi connectivity index (χ0) is 31.3. The number of benzene rings is 2. The van der Waals surface area contributed by atoms with E-state index in [1.807, 2.05) is 43.3 Å². The van der Waals surface area contributed by atoms with Gasteiger partial charge in [0, 0.05) is 53.5 Å². The minimum atomic E-state index is -0.471. The summed E-state index contributed by atoms with van der Waals surface area (Å²) in [6, 6.07) is 11.4. The fourth-order valence-electron chi connectivity index (χ4n) is 6.78. The molecule has 0 unspecified atom stereocenters. The highest BCUT2D eigenvalue weighted by Crippen LogP contribution is 2.55. The number of nitrogens with zero attached hydrogens (tertiary/aromatic N) is 1. The van der Waals surface area contributed by atoms with Crippen molar-refractivity contribution >= 4 is 45.8 Å². The number of aryl methyl sites for hydroxylation is 1. The number of hydrogen-bond acceptors (Lipinski definition) is 6. The number of methoxy groups -OCH3 is 1. The minimum absolute atomic E-state index is 0.0981. The predicted octanol–water partition coefficient (Wildman–Crippen LogP) is 7.33. The van der Waals surface area contributed by atoms with Gasteiger partial charge in [-0.25, -0.2) is 0 Å². The molecule has 7 nitrogen and oxygen atoms in total. The Kier molecular flexibility index (Phi) is 8.55. The zero-order valence-electron chi connectivity index (χ0n) is 26.2. The Balaban J connectivity index is 1.54. The molecule has 0 bridgehead atoms. The molecule has 2 aromatic rings. The lowest BCUT2D eigenvalue weighted by Crippen LogP contribution is -2.44. The zero-order valence-corrected chi connectivity index (χ0v) is 28.3. The van der Waals surface area contributed by atoms with Crippen LogP contribution in [0.3, 0.4) is 0 Å². The SMILES string of the molecule is CCN1C2=C(C(=O)CC(C)(C)C2)C(c2cc(I)c(OCC(=O)Nc3ccc(C)cc3)c(OC)c2)C2=C1CC(C)(C)CC2=O. The third kappa shape index (κ3) is 6.26. The van der Waals surface area contributed by atoms with Crippen molar-refractivity contribution in [2.45, 2.75) is 73.1 Å². The lowest BCUT2D eigenvalue weighted by molar-refractivity contribution is -0.120. The Bertz CT molecular complexity index is 1500. The van der Waals surface area contributed by atoms with Gasteiger partial charge in [-0.2, -0.15) is 0 Å². The molecule has 0 spiro atoms. The van der Waals surface area contributed by atoms with Crippen LogP contribution in [-0.2, 0) is 14.4 Å². The molecular formula is C35H41IN2O5. The van der Waals surface area contributed by atoms with Gasteiger partial charge < -0.3 is 19.7 Å². The van der Waals surface area contributed by atoms with Crippen LogP contribution in [0.1, 0.15) is 77.3 Å². The molecule has 228 valence electrons. The first-order valence-corrected chi connectivity index (χ1v) is 16.0. The Morgan fingerprint density at radius 1 is 0.953 bits per heavy atom. The molecule has 2 aromatic carbocycles. The Morgan fingerprint density at radius 2 is 1.51 bits per heavy atom. The van der Waals surface area contributed by atoms with E-state index in [4.69, 9.17) is 9.47 Å². The van der Waals surface area contributed by atoms with Gasteiger partial charge in [0.1, 0.15) is 0 Å². The lowest BCUT2D eigenvalue weighted by atomic mass is 9.63. The number of ether oxygens (including phenoxy) is 2. The van der Waals surface area contributed by atoms with Crippen molar-refractivity contribution < 1.29 is 23.9 Å². The topological polar surface area (TPSA) is 84.9 Å². The summed E-state index contributed by atoms with van der Waals surface area (Å²) in [5.74, 6) is 0.350. The molecule has 0 fully saturated rings. The van der Waals surface area contributed by atoms with Crippen molar-refractivity contribution in [3.8, 4) is 11.5 Å². The third-order valence-electron chi connectivity index (χ3n) is 8.61. The fourth-order valence-corrected chi connectivity index (χ4v) is 7.56. The molecule has 1 aliphatic heterocycles. The maximum Gasteiger partial charge on any atom is 0.262 e. The van der Waals surface area contributed by atoms with Crippen molar-refractivity contribution in [1.82, 2.24) is 4.90 Å². The maximum atomic E-state index is 13.9. The number of carbonyl (C=O) groups excluding carboxylic acids is 3. The number of allylic oxidation sites excluding steroid dienone is 4. The Morgan fingerprint density at radius 3 is 2.02 bits per heavy atom. The summed E-state index contributed by atoms with van der Waals surface area (Å²) in [7, 11) is 1.56. The molecule has 1 amide bonds. The number of carbonyl (C=O) groups is 3. The van der Waals surface area contributed by atoms with Gasteiger partial charge in [-0.05, 0) is 89.9 Å². The first-order valence-electron chi connectivity index (χ1n) is 14.9. The van der Waals surface area contributed by atoms with Crippen LogP contribution in [0.25, 0.3) is 0 Å². The van der Waals surface area contributed by atoms with E-state index >= 15 is 0 Å². The van der Waals surface area contributed by atoms with Crippen molar-refractivity contribution in [3.05, 3.63) is 73.6 Å². The number of Topliss-reactive ketones (excluding diaryl/α,β-unsaturated/α-hetero) is 2. The highest BCUT2D eigenvalue weighted by Gasteiger charge is 2.48. The molecule has 0 saturated carbocycles. The van der Waals surface area contributed by atoms with E-state index in [9.17, 15) is 14.4 Å². The second kappa shape index (κ2) is 11.7. The van der Waals surface area contributed by atoms with Gasteiger partial charge in [-0.1, -0.05) is 45.4 Å². The Hall–Kier alpha value is -3.14. The number of rotatable bonds is 7. The average Bonchev–Trinajstić information content (AvgIpc) is 2.91. The van der Waals surface area contributed by atoms with E-state index in [0.29, 0.717) is 36.6 Å². The van der Waals surface area contributed by atoms with E-state index in [1.54, 1.807) is 7.11 Å². The number of halogens is 1. The van der Waals surface area contributed by atoms with Crippen LogP contribution in [0, 0.1) is 21.3 Å². The first-order chi connectivity index (χ1) is 20.2.